The highest BCUT2D eigenvalue weighted by atomic mass is 16.6. The second-order valence-electron chi connectivity index (χ2n) is 7.74. The lowest BCUT2D eigenvalue weighted by molar-refractivity contribution is -0.134. The van der Waals surface area contributed by atoms with E-state index in [-0.39, 0.29) is 19.1 Å². The average Bonchev–Trinajstić information content (AvgIpc) is 3.07. The zero-order valence-electron chi connectivity index (χ0n) is 17.2. The standard InChI is InChI=1S/C21H28N2O6/c1-21(2,3)29-20(26)23-12-16(10-11-18(24)27-4)17(13-23)22-19(25)28-14-15-8-6-5-7-9-15/h5-11,16-17H,12-14H2,1-4H3,(H,22,25)/b11-10+/t16-,17-/m1/s1. The van der Waals surface area contributed by atoms with Gasteiger partial charge in [-0.3, -0.25) is 0 Å². The van der Waals surface area contributed by atoms with Gasteiger partial charge in [0, 0.05) is 25.1 Å². The van der Waals surface area contributed by atoms with E-state index in [4.69, 9.17) is 9.47 Å². The van der Waals surface area contributed by atoms with Crippen molar-refractivity contribution in [2.24, 2.45) is 5.92 Å². The summed E-state index contributed by atoms with van der Waals surface area (Å²) >= 11 is 0. The van der Waals surface area contributed by atoms with Crippen LogP contribution in [0.1, 0.15) is 26.3 Å². The molecule has 1 aliphatic heterocycles. The predicted octanol–water partition coefficient (Wildman–Crippen LogP) is 2.88. The molecule has 1 fully saturated rings. The van der Waals surface area contributed by atoms with Gasteiger partial charge in [0.15, 0.2) is 0 Å². The lowest BCUT2D eigenvalue weighted by Crippen LogP contribution is -2.41. The number of esters is 1. The monoisotopic (exact) mass is 404 g/mol. The molecule has 2 atom stereocenters. The Balaban J connectivity index is 2.00. The molecule has 2 rings (SSSR count). The first kappa shape index (κ1) is 22.3. The molecule has 0 spiro atoms. The van der Waals surface area contributed by atoms with Crippen LogP contribution in [-0.2, 0) is 25.6 Å². The van der Waals surface area contributed by atoms with Crippen molar-refractivity contribution >= 4 is 18.2 Å². The van der Waals surface area contributed by atoms with E-state index in [0.717, 1.165) is 5.56 Å². The van der Waals surface area contributed by atoms with Crippen molar-refractivity contribution in [3.05, 3.63) is 48.0 Å². The quantitative estimate of drug-likeness (QED) is 0.461. The molecule has 29 heavy (non-hydrogen) atoms. The number of carbonyl (C=O) groups excluding carboxylic acids is 3. The predicted molar refractivity (Wildman–Crippen MR) is 106 cm³/mol. The Morgan fingerprint density at radius 3 is 2.48 bits per heavy atom. The van der Waals surface area contributed by atoms with Crippen molar-refractivity contribution in [2.75, 3.05) is 20.2 Å². The zero-order valence-corrected chi connectivity index (χ0v) is 17.2. The fourth-order valence-electron chi connectivity index (χ4n) is 2.84. The Morgan fingerprint density at radius 2 is 1.86 bits per heavy atom. The molecule has 1 aromatic rings. The summed E-state index contributed by atoms with van der Waals surface area (Å²) in [6, 6.07) is 8.89. The smallest absolute Gasteiger partial charge is 0.410 e. The van der Waals surface area contributed by atoms with E-state index in [2.05, 4.69) is 10.1 Å². The van der Waals surface area contributed by atoms with Gasteiger partial charge in [-0.15, -0.1) is 0 Å². The van der Waals surface area contributed by atoms with Gasteiger partial charge in [-0.25, -0.2) is 14.4 Å². The number of alkyl carbamates (subject to hydrolysis) is 1. The van der Waals surface area contributed by atoms with Gasteiger partial charge >= 0.3 is 18.2 Å². The van der Waals surface area contributed by atoms with E-state index in [1.54, 1.807) is 26.8 Å². The molecule has 1 heterocycles. The summed E-state index contributed by atoms with van der Waals surface area (Å²) in [5, 5.41) is 2.77. The van der Waals surface area contributed by atoms with E-state index < -0.39 is 29.8 Å². The molecule has 1 aliphatic rings. The highest BCUT2D eigenvalue weighted by molar-refractivity contribution is 5.81. The lowest BCUT2D eigenvalue weighted by atomic mass is 10.0. The number of nitrogens with zero attached hydrogens (tertiary/aromatic N) is 1. The Morgan fingerprint density at radius 1 is 1.17 bits per heavy atom. The molecule has 158 valence electrons. The second-order valence-corrected chi connectivity index (χ2v) is 7.74. The van der Waals surface area contributed by atoms with Crippen LogP contribution in [0.2, 0.25) is 0 Å². The lowest BCUT2D eigenvalue weighted by Gasteiger charge is -2.24. The van der Waals surface area contributed by atoms with Crippen LogP contribution in [0.4, 0.5) is 9.59 Å². The molecule has 1 aromatic carbocycles. The summed E-state index contributed by atoms with van der Waals surface area (Å²) in [5.74, 6) is -0.794. The molecule has 1 saturated heterocycles. The SMILES string of the molecule is COC(=O)/C=C/[C@@H]1CN(C(=O)OC(C)(C)C)C[C@H]1NC(=O)OCc1ccccc1. The maximum absolute atomic E-state index is 12.4. The first-order valence-electron chi connectivity index (χ1n) is 9.39. The minimum atomic E-state index is -0.630. The molecule has 1 N–H and O–H groups in total. The van der Waals surface area contributed by atoms with E-state index in [1.165, 1.54) is 18.1 Å². The molecular weight excluding hydrogens is 376 g/mol. The summed E-state index contributed by atoms with van der Waals surface area (Å²) in [6.45, 7) is 6.03. The molecule has 8 heteroatoms. The molecule has 0 bridgehead atoms. The Labute approximate surface area is 170 Å². The number of benzene rings is 1. The molecule has 0 aliphatic carbocycles. The van der Waals surface area contributed by atoms with Gasteiger partial charge < -0.3 is 24.4 Å². The summed E-state index contributed by atoms with van der Waals surface area (Å²) in [6.07, 6.45) is 1.84. The summed E-state index contributed by atoms with van der Waals surface area (Å²) in [4.78, 5) is 37.6. The largest absolute Gasteiger partial charge is 0.466 e. The van der Waals surface area contributed by atoms with Gasteiger partial charge in [0.25, 0.3) is 0 Å². The molecular formula is C21H28N2O6. The number of hydrogen-bond donors (Lipinski definition) is 1. The van der Waals surface area contributed by atoms with Crippen molar-refractivity contribution in [1.29, 1.82) is 0 Å². The van der Waals surface area contributed by atoms with Gasteiger partial charge in [0.05, 0.1) is 13.2 Å². The van der Waals surface area contributed by atoms with Gasteiger partial charge in [0.2, 0.25) is 0 Å². The van der Waals surface area contributed by atoms with Crippen LogP contribution in [0.25, 0.3) is 0 Å². The molecule has 0 saturated carbocycles. The number of ether oxygens (including phenoxy) is 3. The number of hydrogen-bond acceptors (Lipinski definition) is 6. The normalized spacial score (nSPS) is 19.1. The highest BCUT2D eigenvalue weighted by Gasteiger charge is 2.37. The van der Waals surface area contributed by atoms with Gasteiger partial charge in [-0.05, 0) is 26.3 Å². The number of likely N-dealkylation sites (tertiary alicyclic amines) is 1. The number of rotatable bonds is 5. The van der Waals surface area contributed by atoms with Gasteiger partial charge in [-0.1, -0.05) is 36.4 Å². The van der Waals surface area contributed by atoms with E-state index in [9.17, 15) is 14.4 Å². The van der Waals surface area contributed by atoms with Crippen molar-refractivity contribution < 1.29 is 28.6 Å². The first-order chi connectivity index (χ1) is 13.7. The first-order valence-corrected chi connectivity index (χ1v) is 9.39. The Bertz CT molecular complexity index is 741. The summed E-state index contributed by atoms with van der Waals surface area (Å²) < 4.78 is 15.3. The van der Waals surface area contributed by atoms with Crippen LogP contribution in [-0.4, -0.2) is 54.9 Å². The Hall–Kier alpha value is -3.03. The van der Waals surface area contributed by atoms with Crippen LogP contribution in [0, 0.1) is 5.92 Å². The molecule has 8 nitrogen and oxygen atoms in total. The van der Waals surface area contributed by atoms with Crippen molar-refractivity contribution in [3.63, 3.8) is 0 Å². The number of methoxy groups -OCH3 is 1. The van der Waals surface area contributed by atoms with E-state index in [0.29, 0.717) is 6.54 Å². The summed E-state index contributed by atoms with van der Waals surface area (Å²) in [7, 11) is 1.28. The van der Waals surface area contributed by atoms with Crippen molar-refractivity contribution in [2.45, 2.75) is 39.0 Å². The maximum atomic E-state index is 12.4. The highest BCUT2D eigenvalue weighted by Crippen LogP contribution is 2.21. The third kappa shape index (κ3) is 7.48. The number of carbonyl (C=O) groups is 3. The minimum absolute atomic E-state index is 0.137. The van der Waals surface area contributed by atoms with Crippen LogP contribution in [0.3, 0.4) is 0 Å². The van der Waals surface area contributed by atoms with Crippen molar-refractivity contribution in [1.82, 2.24) is 10.2 Å². The van der Waals surface area contributed by atoms with Crippen LogP contribution >= 0.6 is 0 Å². The zero-order chi connectivity index (χ0) is 21.4. The maximum Gasteiger partial charge on any atom is 0.410 e. The van der Waals surface area contributed by atoms with Gasteiger partial charge in [-0.2, -0.15) is 0 Å². The third-order valence-electron chi connectivity index (χ3n) is 4.21. The van der Waals surface area contributed by atoms with E-state index in [1.807, 2.05) is 30.3 Å². The van der Waals surface area contributed by atoms with Crippen LogP contribution in [0.5, 0.6) is 0 Å². The van der Waals surface area contributed by atoms with Crippen LogP contribution < -0.4 is 5.32 Å². The summed E-state index contributed by atoms with van der Waals surface area (Å²) in [5.41, 5.74) is 0.237. The molecule has 2 amide bonds. The van der Waals surface area contributed by atoms with E-state index >= 15 is 0 Å². The molecule has 0 aromatic heterocycles. The fraction of sp³-hybridized carbons (Fsp3) is 0.476. The fourth-order valence-corrected chi connectivity index (χ4v) is 2.84. The van der Waals surface area contributed by atoms with Crippen molar-refractivity contribution in [3.8, 4) is 0 Å². The number of amides is 2. The Kier molecular flexibility index (Phi) is 7.64. The topological polar surface area (TPSA) is 94.2 Å². The molecule has 0 radical (unpaired) electrons. The van der Waals surface area contributed by atoms with Crippen LogP contribution in [0.15, 0.2) is 42.5 Å². The third-order valence-corrected chi connectivity index (χ3v) is 4.21. The molecule has 0 unspecified atom stereocenters. The number of nitrogens with one attached hydrogen (secondary N) is 1. The minimum Gasteiger partial charge on any atom is -0.466 e. The average molecular weight is 404 g/mol. The van der Waals surface area contributed by atoms with Gasteiger partial charge in [0.1, 0.15) is 12.2 Å². The second kappa shape index (κ2) is 9.95.